The van der Waals surface area contributed by atoms with E-state index in [1.54, 1.807) is 19.1 Å². The Bertz CT molecular complexity index is 598. The molecule has 0 saturated carbocycles. The number of benzene rings is 1. The molecular formula is C13H13FN2O3. The summed E-state index contributed by atoms with van der Waals surface area (Å²) in [5.74, 6) is -0.988. The Labute approximate surface area is 109 Å². The summed E-state index contributed by atoms with van der Waals surface area (Å²) < 4.78 is 23.9. The number of halogens is 1. The summed E-state index contributed by atoms with van der Waals surface area (Å²) in [5.41, 5.74) is 0.418. The number of ether oxygens (including phenoxy) is 2. The van der Waals surface area contributed by atoms with Gasteiger partial charge in [-0.1, -0.05) is 6.07 Å². The number of hydrogen-bond acceptors (Lipinski definition) is 5. The van der Waals surface area contributed by atoms with Gasteiger partial charge < -0.3 is 9.47 Å². The first-order chi connectivity index (χ1) is 9.13. The monoisotopic (exact) mass is 264 g/mol. The van der Waals surface area contributed by atoms with Crippen molar-refractivity contribution in [2.24, 2.45) is 0 Å². The lowest BCUT2D eigenvalue weighted by molar-refractivity contribution is -0.150. The van der Waals surface area contributed by atoms with Gasteiger partial charge in [-0.15, -0.1) is 0 Å². The molecule has 100 valence electrons. The van der Waals surface area contributed by atoms with Crippen LogP contribution in [0.2, 0.25) is 0 Å². The van der Waals surface area contributed by atoms with Crippen LogP contribution < -0.4 is 4.74 Å². The first kappa shape index (κ1) is 13.2. The molecule has 1 heterocycles. The molecule has 1 atom stereocenters. The van der Waals surface area contributed by atoms with Gasteiger partial charge in [-0.3, -0.25) is 0 Å². The normalized spacial score (nSPS) is 12.2. The number of carbonyl (C=O) groups is 1. The lowest BCUT2D eigenvalue weighted by Crippen LogP contribution is -2.26. The molecular weight excluding hydrogens is 251 g/mol. The van der Waals surface area contributed by atoms with Gasteiger partial charge in [0, 0.05) is 0 Å². The standard InChI is InChI=1S/C13H13FN2O3/c1-3-18-13(17)8(2)19-12-11-9(14)5-4-6-10(11)15-7-16-12/h4-8H,3H2,1-2H3/t8-/m0/s1. The van der Waals surface area contributed by atoms with E-state index in [0.717, 1.165) is 0 Å². The SMILES string of the molecule is CCOC(=O)[C@H](C)Oc1ncnc2cccc(F)c12. The predicted octanol–water partition coefficient (Wildman–Crippen LogP) is 2.10. The van der Waals surface area contributed by atoms with Crippen molar-refractivity contribution in [3.8, 4) is 5.88 Å². The molecule has 6 heteroatoms. The van der Waals surface area contributed by atoms with Crippen LogP contribution in [-0.2, 0) is 9.53 Å². The van der Waals surface area contributed by atoms with E-state index in [1.165, 1.54) is 19.3 Å². The summed E-state index contributed by atoms with van der Waals surface area (Å²) >= 11 is 0. The smallest absolute Gasteiger partial charge is 0.347 e. The Kier molecular flexibility index (Phi) is 3.89. The number of nitrogens with zero attached hydrogens (tertiary/aromatic N) is 2. The van der Waals surface area contributed by atoms with Crippen LogP contribution in [0, 0.1) is 5.82 Å². The molecule has 0 saturated heterocycles. The number of hydrogen-bond donors (Lipinski definition) is 0. The third kappa shape index (κ3) is 2.78. The highest BCUT2D eigenvalue weighted by molar-refractivity contribution is 5.84. The van der Waals surface area contributed by atoms with Gasteiger partial charge in [0.25, 0.3) is 0 Å². The molecule has 0 fully saturated rings. The molecule has 0 bridgehead atoms. The lowest BCUT2D eigenvalue weighted by Gasteiger charge is -2.13. The van der Waals surface area contributed by atoms with Crippen molar-refractivity contribution in [1.82, 2.24) is 9.97 Å². The van der Waals surface area contributed by atoms with Gasteiger partial charge in [0.15, 0.2) is 6.10 Å². The largest absolute Gasteiger partial charge is 0.463 e. The minimum absolute atomic E-state index is 0.0312. The zero-order valence-electron chi connectivity index (χ0n) is 10.6. The van der Waals surface area contributed by atoms with Crippen LogP contribution in [-0.4, -0.2) is 28.6 Å². The molecule has 2 aromatic rings. The van der Waals surface area contributed by atoms with E-state index in [0.29, 0.717) is 5.52 Å². The van der Waals surface area contributed by atoms with Crippen LogP contribution in [0.15, 0.2) is 24.5 Å². The number of carbonyl (C=O) groups excluding carboxylic acids is 1. The van der Waals surface area contributed by atoms with Crippen molar-refractivity contribution in [2.75, 3.05) is 6.61 Å². The van der Waals surface area contributed by atoms with E-state index in [2.05, 4.69) is 9.97 Å². The Morgan fingerprint density at radius 3 is 2.95 bits per heavy atom. The van der Waals surface area contributed by atoms with Gasteiger partial charge in [0.2, 0.25) is 5.88 Å². The number of esters is 1. The molecule has 0 radical (unpaired) electrons. The maximum Gasteiger partial charge on any atom is 0.347 e. The van der Waals surface area contributed by atoms with E-state index in [4.69, 9.17) is 9.47 Å². The first-order valence-electron chi connectivity index (χ1n) is 5.86. The molecule has 0 aliphatic carbocycles. The van der Waals surface area contributed by atoms with E-state index in [9.17, 15) is 9.18 Å². The van der Waals surface area contributed by atoms with Gasteiger partial charge in [-0.25, -0.2) is 19.2 Å². The molecule has 0 unspecified atom stereocenters. The van der Waals surface area contributed by atoms with Crippen molar-refractivity contribution in [2.45, 2.75) is 20.0 Å². The summed E-state index contributed by atoms with van der Waals surface area (Å²) in [4.78, 5) is 19.3. The van der Waals surface area contributed by atoms with Crippen molar-refractivity contribution >= 4 is 16.9 Å². The fourth-order valence-corrected chi connectivity index (χ4v) is 1.60. The third-order valence-corrected chi connectivity index (χ3v) is 2.48. The van der Waals surface area contributed by atoms with E-state index < -0.39 is 17.9 Å². The molecule has 0 aliphatic rings. The lowest BCUT2D eigenvalue weighted by atomic mass is 10.2. The quantitative estimate of drug-likeness (QED) is 0.791. The molecule has 0 amide bonds. The average molecular weight is 264 g/mol. The van der Waals surface area contributed by atoms with Crippen LogP contribution >= 0.6 is 0 Å². The minimum Gasteiger partial charge on any atom is -0.463 e. The van der Waals surface area contributed by atoms with Crippen LogP contribution in [0.5, 0.6) is 5.88 Å². The second-order valence-corrected chi connectivity index (χ2v) is 3.82. The topological polar surface area (TPSA) is 61.3 Å². The summed E-state index contributed by atoms with van der Waals surface area (Å²) in [6, 6.07) is 4.47. The van der Waals surface area contributed by atoms with Crippen LogP contribution in [0.4, 0.5) is 4.39 Å². The molecule has 19 heavy (non-hydrogen) atoms. The van der Waals surface area contributed by atoms with Gasteiger partial charge in [0.05, 0.1) is 17.5 Å². The second kappa shape index (κ2) is 5.60. The molecule has 1 aromatic heterocycles. The molecule has 1 aromatic carbocycles. The average Bonchev–Trinajstić information content (AvgIpc) is 2.39. The zero-order valence-corrected chi connectivity index (χ0v) is 10.6. The molecule has 0 aliphatic heterocycles. The van der Waals surface area contributed by atoms with Crippen LogP contribution in [0.25, 0.3) is 10.9 Å². The van der Waals surface area contributed by atoms with Crippen LogP contribution in [0.1, 0.15) is 13.8 Å². The zero-order chi connectivity index (χ0) is 13.8. The maximum atomic E-state index is 13.8. The highest BCUT2D eigenvalue weighted by atomic mass is 19.1. The van der Waals surface area contributed by atoms with Gasteiger partial charge >= 0.3 is 5.97 Å². The second-order valence-electron chi connectivity index (χ2n) is 3.82. The Morgan fingerprint density at radius 2 is 2.21 bits per heavy atom. The van der Waals surface area contributed by atoms with E-state index in [-0.39, 0.29) is 17.9 Å². The number of aromatic nitrogens is 2. The molecule has 0 N–H and O–H groups in total. The van der Waals surface area contributed by atoms with Crippen LogP contribution in [0.3, 0.4) is 0 Å². The highest BCUT2D eigenvalue weighted by Gasteiger charge is 2.19. The van der Waals surface area contributed by atoms with Crippen molar-refractivity contribution in [1.29, 1.82) is 0 Å². The predicted molar refractivity (Wildman–Crippen MR) is 66.2 cm³/mol. The fraction of sp³-hybridized carbons (Fsp3) is 0.308. The molecule has 0 spiro atoms. The maximum absolute atomic E-state index is 13.8. The molecule has 5 nitrogen and oxygen atoms in total. The Hall–Kier alpha value is -2.24. The van der Waals surface area contributed by atoms with E-state index in [1.807, 2.05) is 0 Å². The Balaban J connectivity index is 2.33. The summed E-state index contributed by atoms with van der Waals surface area (Å²) in [7, 11) is 0. The van der Waals surface area contributed by atoms with Crippen molar-refractivity contribution < 1.29 is 18.7 Å². The van der Waals surface area contributed by atoms with E-state index >= 15 is 0 Å². The summed E-state index contributed by atoms with van der Waals surface area (Å²) in [6.07, 6.45) is 0.396. The summed E-state index contributed by atoms with van der Waals surface area (Å²) in [5, 5.41) is 0.154. The summed E-state index contributed by atoms with van der Waals surface area (Å²) in [6.45, 7) is 3.47. The van der Waals surface area contributed by atoms with Crippen molar-refractivity contribution in [3.05, 3.63) is 30.3 Å². The minimum atomic E-state index is -0.863. The van der Waals surface area contributed by atoms with Gasteiger partial charge in [-0.05, 0) is 26.0 Å². The highest BCUT2D eigenvalue weighted by Crippen LogP contribution is 2.24. The van der Waals surface area contributed by atoms with Gasteiger partial charge in [-0.2, -0.15) is 0 Å². The number of fused-ring (bicyclic) bond motifs is 1. The van der Waals surface area contributed by atoms with Gasteiger partial charge in [0.1, 0.15) is 12.1 Å². The third-order valence-electron chi connectivity index (χ3n) is 2.48. The molecule has 2 rings (SSSR count). The van der Waals surface area contributed by atoms with Crippen molar-refractivity contribution in [3.63, 3.8) is 0 Å². The first-order valence-corrected chi connectivity index (χ1v) is 5.86. The Morgan fingerprint density at radius 1 is 1.42 bits per heavy atom. The number of rotatable bonds is 4. The fourth-order valence-electron chi connectivity index (χ4n) is 1.60.